The molecule has 0 N–H and O–H groups in total. The van der Waals surface area contributed by atoms with Gasteiger partial charge in [-0.25, -0.2) is 0 Å². The number of ketones is 1. The Balaban J connectivity index is 1.89. The van der Waals surface area contributed by atoms with E-state index in [1.807, 2.05) is 32.0 Å². The van der Waals surface area contributed by atoms with Crippen LogP contribution < -0.4 is 0 Å². The van der Waals surface area contributed by atoms with Crippen molar-refractivity contribution >= 4 is 5.78 Å². The quantitative estimate of drug-likeness (QED) is 0.484. The van der Waals surface area contributed by atoms with Gasteiger partial charge < -0.3 is 4.74 Å². The van der Waals surface area contributed by atoms with E-state index in [2.05, 4.69) is 31.2 Å². The predicted molar refractivity (Wildman–Crippen MR) is 95.2 cm³/mol. The van der Waals surface area contributed by atoms with E-state index in [1.165, 1.54) is 11.1 Å². The normalized spacial score (nSPS) is 21.3. The van der Waals surface area contributed by atoms with Crippen LogP contribution in [0.1, 0.15) is 52.0 Å². The molecule has 0 saturated carbocycles. The molecule has 0 radical (unpaired) electrons. The van der Waals surface area contributed by atoms with Gasteiger partial charge >= 0.3 is 0 Å². The number of hydrogen-bond donors (Lipinski definition) is 0. The van der Waals surface area contributed by atoms with E-state index in [-0.39, 0.29) is 11.2 Å². The van der Waals surface area contributed by atoms with Crippen LogP contribution in [0, 0.1) is 5.41 Å². The Morgan fingerprint density at radius 2 is 2.00 bits per heavy atom. The summed E-state index contributed by atoms with van der Waals surface area (Å²) in [5.41, 5.74) is 3.61. The maximum atomic E-state index is 11.7. The molecule has 0 unspecified atom stereocenters. The summed E-state index contributed by atoms with van der Waals surface area (Å²) in [6.45, 7) is 7.47. The zero-order valence-corrected chi connectivity index (χ0v) is 14.6. The van der Waals surface area contributed by atoms with Gasteiger partial charge in [0.05, 0.1) is 13.2 Å². The first-order chi connectivity index (χ1) is 11.0. The fourth-order valence-corrected chi connectivity index (χ4v) is 3.06. The Labute approximate surface area is 140 Å². The van der Waals surface area contributed by atoms with Crippen molar-refractivity contribution in [1.29, 1.82) is 0 Å². The first-order valence-corrected chi connectivity index (χ1v) is 8.56. The largest absolute Gasteiger partial charge is 0.372 e. The molecule has 1 aromatic carbocycles. The third-order valence-electron chi connectivity index (χ3n) is 4.85. The second kappa shape index (κ2) is 8.26. The molecule has 1 aliphatic carbocycles. The standard InChI is InChI=1S/C21H28O2/c1-4-20(22)17(2)12-14-21(3)13-8-11-19(21)16-23-15-18-9-6-5-7-10-18/h5-7,9-12H,4,8,13-16H2,1-3H3/b17-12-/t21-/m0/s1. The van der Waals surface area contributed by atoms with Gasteiger partial charge in [0.1, 0.15) is 0 Å². The zero-order chi connectivity index (χ0) is 16.7. The first-order valence-electron chi connectivity index (χ1n) is 8.56. The number of benzene rings is 1. The molecule has 1 aromatic rings. The van der Waals surface area contributed by atoms with E-state index in [0.717, 1.165) is 24.8 Å². The van der Waals surface area contributed by atoms with E-state index < -0.39 is 0 Å². The van der Waals surface area contributed by atoms with Gasteiger partial charge in [-0.15, -0.1) is 0 Å². The number of Topliss-reactive ketones (excluding diaryl/α,β-unsaturated/α-hetero) is 1. The maximum Gasteiger partial charge on any atom is 0.157 e. The lowest BCUT2D eigenvalue weighted by molar-refractivity contribution is -0.115. The summed E-state index contributed by atoms with van der Waals surface area (Å²) in [4.78, 5) is 11.7. The number of carbonyl (C=O) groups excluding carboxylic acids is 1. The van der Waals surface area contributed by atoms with Crippen molar-refractivity contribution in [3.63, 3.8) is 0 Å². The maximum absolute atomic E-state index is 11.7. The van der Waals surface area contributed by atoms with Crippen LogP contribution in [0.25, 0.3) is 0 Å². The summed E-state index contributed by atoms with van der Waals surface area (Å²) in [6, 6.07) is 10.3. The molecule has 0 aromatic heterocycles. The fourth-order valence-electron chi connectivity index (χ4n) is 3.06. The molecule has 0 spiro atoms. The Hall–Kier alpha value is -1.67. The highest BCUT2D eigenvalue weighted by Crippen LogP contribution is 2.42. The van der Waals surface area contributed by atoms with Crippen molar-refractivity contribution in [3.05, 3.63) is 59.2 Å². The van der Waals surface area contributed by atoms with Crippen molar-refractivity contribution in [3.8, 4) is 0 Å². The molecule has 124 valence electrons. The molecule has 2 rings (SSSR count). The van der Waals surface area contributed by atoms with Crippen molar-refractivity contribution in [1.82, 2.24) is 0 Å². The number of allylic oxidation sites excluding steroid dienone is 3. The summed E-state index contributed by atoms with van der Waals surface area (Å²) in [7, 11) is 0. The Kier molecular flexibility index (Phi) is 6.35. The van der Waals surface area contributed by atoms with E-state index >= 15 is 0 Å². The van der Waals surface area contributed by atoms with Crippen LogP contribution in [0.4, 0.5) is 0 Å². The van der Waals surface area contributed by atoms with Crippen LogP contribution in [0.5, 0.6) is 0 Å². The number of carbonyl (C=O) groups is 1. The highest BCUT2D eigenvalue weighted by atomic mass is 16.5. The minimum atomic E-state index is 0.131. The zero-order valence-electron chi connectivity index (χ0n) is 14.6. The summed E-state index contributed by atoms with van der Waals surface area (Å²) in [6.07, 6.45) is 8.18. The topological polar surface area (TPSA) is 26.3 Å². The first kappa shape index (κ1) is 17.7. The van der Waals surface area contributed by atoms with Crippen LogP contribution in [-0.4, -0.2) is 12.4 Å². The van der Waals surface area contributed by atoms with Crippen LogP contribution in [-0.2, 0) is 16.1 Å². The molecule has 2 heteroatoms. The number of ether oxygens (including phenoxy) is 1. The number of hydrogen-bond acceptors (Lipinski definition) is 2. The van der Waals surface area contributed by atoms with Crippen LogP contribution >= 0.6 is 0 Å². The summed E-state index contributed by atoms with van der Waals surface area (Å²) in [5, 5.41) is 0. The molecule has 0 fully saturated rings. The molecule has 0 saturated heterocycles. The van der Waals surface area contributed by atoms with Gasteiger partial charge in [0.15, 0.2) is 5.78 Å². The van der Waals surface area contributed by atoms with Crippen molar-refractivity contribution in [2.45, 2.75) is 53.1 Å². The minimum Gasteiger partial charge on any atom is -0.372 e. The molecule has 1 aliphatic rings. The Bertz CT molecular complexity index is 583. The second-order valence-corrected chi connectivity index (χ2v) is 6.68. The van der Waals surface area contributed by atoms with E-state index in [4.69, 9.17) is 4.74 Å². The van der Waals surface area contributed by atoms with E-state index in [0.29, 0.717) is 19.6 Å². The average molecular weight is 312 g/mol. The molecule has 0 amide bonds. The van der Waals surface area contributed by atoms with Gasteiger partial charge in [-0.3, -0.25) is 4.79 Å². The van der Waals surface area contributed by atoms with Crippen molar-refractivity contribution in [2.24, 2.45) is 5.41 Å². The molecule has 0 bridgehead atoms. The molecule has 0 heterocycles. The van der Waals surface area contributed by atoms with Gasteiger partial charge in [-0.05, 0) is 48.3 Å². The highest BCUT2D eigenvalue weighted by molar-refractivity contribution is 5.94. The Morgan fingerprint density at radius 1 is 1.26 bits per heavy atom. The van der Waals surface area contributed by atoms with Crippen LogP contribution in [0.3, 0.4) is 0 Å². The summed E-state index contributed by atoms with van der Waals surface area (Å²) < 4.78 is 5.92. The summed E-state index contributed by atoms with van der Waals surface area (Å²) >= 11 is 0. The van der Waals surface area contributed by atoms with Crippen molar-refractivity contribution in [2.75, 3.05) is 6.61 Å². The lowest BCUT2D eigenvalue weighted by atomic mass is 9.79. The fraction of sp³-hybridized carbons (Fsp3) is 0.476. The lowest BCUT2D eigenvalue weighted by Crippen LogP contribution is -2.18. The van der Waals surface area contributed by atoms with Crippen LogP contribution in [0.2, 0.25) is 0 Å². The summed E-state index contributed by atoms with van der Waals surface area (Å²) in [5.74, 6) is 0.248. The monoisotopic (exact) mass is 312 g/mol. The highest BCUT2D eigenvalue weighted by Gasteiger charge is 2.31. The second-order valence-electron chi connectivity index (χ2n) is 6.68. The molecule has 1 atom stereocenters. The van der Waals surface area contributed by atoms with E-state index in [9.17, 15) is 4.79 Å². The van der Waals surface area contributed by atoms with Crippen molar-refractivity contribution < 1.29 is 9.53 Å². The van der Waals surface area contributed by atoms with Crippen LogP contribution in [0.15, 0.2) is 53.6 Å². The average Bonchev–Trinajstić information content (AvgIpc) is 2.94. The minimum absolute atomic E-state index is 0.131. The molecular formula is C21H28O2. The van der Waals surface area contributed by atoms with Gasteiger partial charge in [0.2, 0.25) is 0 Å². The van der Waals surface area contributed by atoms with E-state index in [1.54, 1.807) is 0 Å². The molecule has 23 heavy (non-hydrogen) atoms. The lowest BCUT2D eigenvalue weighted by Gasteiger charge is -2.27. The third kappa shape index (κ3) is 4.90. The molecule has 2 nitrogen and oxygen atoms in total. The SMILES string of the molecule is CCC(=O)/C(C)=C\C[C@]1(C)CCC=C1COCc1ccccc1. The predicted octanol–water partition coefficient (Wildman–Crippen LogP) is 5.25. The van der Waals surface area contributed by atoms with Gasteiger partial charge in [-0.2, -0.15) is 0 Å². The van der Waals surface area contributed by atoms with Gasteiger partial charge in [-0.1, -0.05) is 56.3 Å². The number of rotatable bonds is 8. The van der Waals surface area contributed by atoms with Gasteiger partial charge in [0, 0.05) is 6.42 Å². The van der Waals surface area contributed by atoms with Gasteiger partial charge in [0.25, 0.3) is 0 Å². The molecule has 0 aliphatic heterocycles. The third-order valence-corrected chi connectivity index (χ3v) is 4.85. The smallest absolute Gasteiger partial charge is 0.157 e. The molecular weight excluding hydrogens is 284 g/mol. The Morgan fingerprint density at radius 3 is 2.70 bits per heavy atom.